The van der Waals surface area contributed by atoms with E-state index < -0.39 is 0 Å². The van der Waals surface area contributed by atoms with Crippen molar-refractivity contribution < 1.29 is 4.79 Å². The van der Waals surface area contributed by atoms with Crippen molar-refractivity contribution in [3.8, 4) is 0 Å². The van der Waals surface area contributed by atoms with Gasteiger partial charge in [0.2, 0.25) is 11.0 Å². The van der Waals surface area contributed by atoms with Crippen molar-refractivity contribution in [2.75, 3.05) is 18.4 Å². The summed E-state index contributed by atoms with van der Waals surface area (Å²) in [6.45, 7) is 11.4. The second kappa shape index (κ2) is 6.13. The zero-order valence-electron chi connectivity index (χ0n) is 11.7. The van der Waals surface area contributed by atoms with Crippen LogP contribution < -0.4 is 10.6 Å². The quantitative estimate of drug-likeness (QED) is 0.803. The molecule has 0 unspecified atom stereocenters. The minimum atomic E-state index is 0.0269. The fourth-order valence-electron chi connectivity index (χ4n) is 1.16. The van der Waals surface area contributed by atoms with Gasteiger partial charge in [-0.1, -0.05) is 46.0 Å². The molecule has 0 spiro atoms. The highest BCUT2D eigenvalue weighted by Crippen LogP contribution is 2.27. The first kappa shape index (κ1) is 14.9. The van der Waals surface area contributed by atoms with Gasteiger partial charge < -0.3 is 10.6 Å². The van der Waals surface area contributed by atoms with E-state index in [9.17, 15) is 4.79 Å². The summed E-state index contributed by atoms with van der Waals surface area (Å²) >= 11 is 1.56. The molecule has 0 saturated carbocycles. The lowest BCUT2D eigenvalue weighted by atomic mass is 9.98. The summed E-state index contributed by atoms with van der Waals surface area (Å²) in [6.07, 6.45) is 0. The zero-order chi connectivity index (χ0) is 13.8. The molecule has 1 amide bonds. The molecule has 5 nitrogen and oxygen atoms in total. The second-order valence-corrected chi connectivity index (χ2v) is 6.51. The molecule has 0 bridgehead atoms. The fraction of sp³-hybridized carbons (Fsp3) is 0.750. The summed E-state index contributed by atoms with van der Waals surface area (Å²) in [5.74, 6) is 0.100. The van der Waals surface area contributed by atoms with Crippen LogP contribution >= 0.6 is 11.3 Å². The average molecular weight is 270 g/mol. The van der Waals surface area contributed by atoms with E-state index in [1.165, 1.54) is 0 Å². The first-order valence-electron chi connectivity index (χ1n) is 6.16. The number of nitrogens with one attached hydrogen (secondary N) is 2. The molecule has 0 atom stereocenters. The van der Waals surface area contributed by atoms with Gasteiger partial charge in [-0.05, 0) is 0 Å². The maximum Gasteiger partial charge on any atom is 0.222 e. The van der Waals surface area contributed by atoms with Gasteiger partial charge in [0.25, 0.3) is 0 Å². The molecule has 0 aliphatic heterocycles. The van der Waals surface area contributed by atoms with Gasteiger partial charge >= 0.3 is 0 Å². The molecule has 6 heteroatoms. The number of hydrogen-bond acceptors (Lipinski definition) is 5. The van der Waals surface area contributed by atoms with Gasteiger partial charge in [-0.2, -0.15) is 0 Å². The van der Waals surface area contributed by atoms with E-state index in [0.29, 0.717) is 13.1 Å². The number of anilines is 1. The molecular weight excluding hydrogens is 248 g/mol. The lowest BCUT2D eigenvalue weighted by Gasteiger charge is -2.12. The Balaban J connectivity index is 2.32. The number of hydrogen-bond donors (Lipinski definition) is 2. The number of carbonyl (C=O) groups is 1. The van der Waals surface area contributed by atoms with E-state index in [2.05, 4.69) is 41.6 Å². The van der Waals surface area contributed by atoms with Crippen molar-refractivity contribution in [2.45, 2.75) is 40.0 Å². The minimum absolute atomic E-state index is 0.0269. The molecular formula is C12H22N4OS. The van der Waals surface area contributed by atoms with Gasteiger partial charge in [0.05, 0.1) is 0 Å². The summed E-state index contributed by atoms with van der Waals surface area (Å²) in [5, 5.41) is 16.0. The Morgan fingerprint density at radius 3 is 2.44 bits per heavy atom. The van der Waals surface area contributed by atoms with Crippen molar-refractivity contribution in [3.05, 3.63) is 5.01 Å². The predicted molar refractivity (Wildman–Crippen MR) is 74.9 cm³/mol. The van der Waals surface area contributed by atoms with Crippen molar-refractivity contribution in [1.29, 1.82) is 0 Å². The number of aromatic nitrogens is 2. The van der Waals surface area contributed by atoms with Crippen LogP contribution in [0.5, 0.6) is 0 Å². The predicted octanol–water partition coefficient (Wildman–Crippen LogP) is 2.02. The molecule has 0 saturated heterocycles. The normalized spacial score (nSPS) is 11.7. The van der Waals surface area contributed by atoms with Crippen molar-refractivity contribution in [2.24, 2.45) is 5.92 Å². The van der Waals surface area contributed by atoms with Gasteiger partial charge in [0.1, 0.15) is 5.01 Å². The summed E-state index contributed by atoms with van der Waals surface area (Å²) < 4.78 is 0. The molecule has 1 aromatic rings. The Kier molecular flexibility index (Phi) is 5.07. The van der Waals surface area contributed by atoms with E-state index >= 15 is 0 Å². The molecule has 0 aromatic carbocycles. The molecule has 1 heterocycles. The summed E-state index contributed by atoms with van der Waals surface area (Å²) in [7, 11) is 0. The molecule has 102 valence electrons. The lowest BCUT2D eigenvalue weighted by Crippen LogP contribution is -2.31. The molecule has 0 aliphatic rings. The van der Waals surface area contributed by atoms with Crippen LogP contribution in [-0.4, -0.2) is 29.2 Å². The molecule has 0 radical (unpaired) electrons. The van der Waals surface area contributed by atoms with Crippen LogP contribution in [0.3, 0.4) is 0 Å². The van der Waals surface area contributed by atoms with Crippen molar-refractivity contribution in [3.63, 3.8) is 0 Å². The highest BCUT2D eigenvalue weighted by molar-refractivity contribution is 7.15. The summed E-state index contributed by atoms with van der Waals surface area (Å²) in [5.41, 5.74) is 0.0312. The number of amides is 1. The molecule has 1 rings (SSSR count). The topological polar surface area (TPSA) is 66.9 Å². The van der Waals surface area contributed by atoms with Crippen molar-refractivity contribution in [1.82, 2.24) is 15.5 Å². The van der Waals surface area contributed by atoms with Gasteiger partial charge in [0.15, 0.2) is 0 Å². The second-order valence-electron chi connectivity index (χ2n) is 5.53. The largest absolute Gasteiger partial charge is 0.358 e. The Labute approximate surface area is 112 Å². The van der Waals surface area contributed by atoms with Crippen LogP contribution in [0.1, 0.15) is 39.6 Å². The Bertz CT molecular complexity index is 395. The third-order valence-electron chi connectivity index (χ3n) is 2.29. The lowest BCUT2D eigenvalue weighted by molar-refractivity contribution is -0.123. The van der Waals surface area contributed by atoms with E-state index in [-0.39, 0.29) is 17.2 Å². The molecule has 18 heavy (non-hydrogen) atoms. The van der Waals surface area contributed by atoms with E-state index in [4.69, 9.17) is 0 Å². The molecule has 2 N–H and O–H groups in total. The molecule has 1 aromatic heterocycles. The number of carbonyl (C=O) groups excluding carboxylic acids is 1. The van der Waals surface area contributed by atoms with Crippen LogP contribution in [0.2, 0.25) is 0 Å². The first-order chi connectivity index (χ1) is 8.30. The number of rotatable bonds is 5. The summed E-state index contributed by atoms with van der Waals surface area (Å²) in [4.78, 5) is 11.3. The smallest absolute Gasteiger partial charge is 0.222 e. The SMILES string of the molecule is CC(C)C(=O)NCCNc1nnc(C(C)(C)C)s1. The van der Waals surface area contributed by atoms with Gasteiger partial charge in [-0.15, -0.1) is 10.2 Å². The third kappa shape index (κ3) is 4.60. The third-order valence-corrected chi connectivity index (χ3v) is 3.60. The monoisotopic (exact) mass is 270 g/mol. The van der Waals surface area contributed by atoms with E-state index in [1.807, 2.05) is 13.8 Å². The van der Waals surface area contributed by atoms with Crippen LogP contribution in [0, 0.1) is 5.92 Å². The number of nitrogens with zero attached hydrogens (tertiary/aromatic N) is 2. The van der Waals surface area contributed by atoms with E-state index in [1.54, 1.807) is 11.3 Å². The fourth-order valence-corrected chi connectivity index (χ4v) is 1.98. The average Bonchev–Trinajstić information content (AvgIpc) is 2.72. The van der Waals surface area contributed by atoms with Gasteiger partial charge in [-0.3, -0.25) is 4.79 Å². The molecule has 0 fully saturated rings. The standard InChI is InChI=1S/C12H22N4OS/c1-8(2)9(17)13-6-7-14-11-16-15-10(18-11)12(3,4)5/h8H,6-7H2,1-5H3,(H,13,17)(H,14,16). The highest BCUT2D eigenvalue weighted by atomic mass is 32.1. The highest BCUT2D eigenvalue weighted by Gasteiger charge is 2.19. The van der Waals surface area contributed by atoms with Crippen molar-refractivity contribution >= 4 is 22.4 Å². The Morgan fingerprint density at radius 2 is 1.94 bits per heavy atom. The van der Waals surface area contributed by atoms with Crippen LogP contribution in [0.15, 0.2) is 0 Å². The Hall–Kier alpha value is -1.17. The molecule has 0 aliphatic carbocycles. The van der Waals surface area contributed by atoms with E-state index in [0.717, 1.165) is 10.1 Å². The zero-order valence-corrected chi connectivity index (χ0v) is 12.5. The van der Waals surface area contributed by atoms with Gasteiger partial charge in [0, 0.05) is 24.4 Å². The Morgan fingerprint density at radius 1 is 1.28 bits per heavy atom. The van der Waals surface area contributed by atoms with Crippen LogP contribution in [0.4, 0.5) is 5.13 Å². The minimum Gasteiger partial charge on any atom is -0.358 e. The maximum atomic E-state index is 11.3. The van der Waals surface area contributed by atoms with Crippen LogP contribution in [0.25, 0.3) is 0 Å². The van der Waals surface area contributed by atoms with Gasteiger partial charge in [-0.25, -0.2) is 0 Å². The first-order valence-corrected chi connectivity index (χ1v) is 6.98. The maximum absolute atomic E-state index is 11.3. The summed E-state index contributed by atoms with van der Waals surface area (Å²) in [6, 6.07) is 0. The van der Waals surface area contributed by atoms with Crippen LogP contribution in [-0.2, 0) is 10.2 Å².